The van der Waals surface area contributed by atoms with E-state index in [2.05, 4.69) is 36.4 Å². The van der Waals surface area contributed by atoms with E-state index in [1.807, 2.05) is 43.1 Å². The number of anilines is 1. The van der Waals surface area contributed by atoms with E-state index < -0.39 is 17.8 Å². The molecule has 36 heavy (non-hydrogen) atoms. The number of nitrogens with zero attached hydrogens (tertiary/aromatic N) is 3. The van der Waals surface area contributed by atoms with Gasteiger partial charge in [0.05, 0.1) is 28.5 Å². The van der Waals surface area contributed by atoms with Crippen LogP contribution in [0.3, 0.4) is 0 Å². The van der Waals surface area contributed by atoms with Crippen molar-refractivity contribution in [2.45, 2.75) is 83.1 Å². The summed E-state index contributed by atoms with van der Waals surface area (Å²) in [6.07, 6.45) is -2.05. The minimum Gasteiger partial charge on any atom is -0.301 e. The second-order valence-corrected chi connectivity index (χ2v) is 12.2. The molecule has 2 N–H and O–H groups in total. The summed E-state index contributed by atoms with van der Waals surface area (Å²) >= 11 is 1.37. The van der Waals surface area contributed by atoms with Crippen LogP contribution < -0.4 is 10.6 Å². The van der Waals surface area contributed by atoms with Crippen molar-refractivity contribution in [2.75, 3.05) is 5.32 Å². The van der Waals surface area contributed by atoms with Gasteiger partial charge < -0.3 is 5.32 Å². The number of nitrogens with one attached hydrogen (secondary N) is 2. The summed E-state index contributed by atoms with van der Waals surface area (Å²) in [6.45, 7) is 12.3. The number of amides is 1. The third kappa shape index (κ3) is 5.64. The Morgan fingerprint density at radius 2 is 1.75 bits per heavy atom. The van der Waals surface area contributed by atoms with Crippen LogP contribution in [0.15, 0.2) is 41.9 Å². The van der Waals surface area contributed by atoms with E-state index in [-0.39, 0.29) is 28.8 Å². The normalized spacial score (nSPS) is 21.1. The number of rotatable bonds is 4. The van der Waals surface area contributed by atoms with Gasteiger partial charge in [-0.25, -0.2) is 4.98 Å². The van der Waals surface area contributed by atoms with Gasteiger partial charge in [0.15, 0.2) is 5.13 Å². The van der Waals surface area contributed by atoms with Crippen LogP contribution in [0.25, 0.3) is 0 Å². The molecule has 0 bridgehead atoms. The van der Waals surface area contributed by atoms with Crippen molar-refractivity contribution in [1.82, 2.24) is 20.1 Å². The van der Waals surface area contributed by atoms with Crippen molar-refractivity contribution in [3.05, 3.63) is 64.4 Å². The van der Waals surface area contributed by atoms with Gasteiger partial charge >= 0.3 is 6.18 Å². The predicted molar refractivity (Wildman–Crippen MR) is 135 cm³/mol. The van der Waals surface area contributed by atoms with Crippen molar-refractivity contribution in [3.63, 3.8) is 0 Å². The third-order valence-electron chi connectivity index (χ3n) is 6.37. The molecule has 3 atom stereocenters. The van der Waals surface area contributed by atoms with Crippen molar-refractivity contribution in [2.24, 2.45) is 0 Å². The van der Waals surface area contributed by atoms with Gasteiger partial charge in [0.1, 0.15) is 0 Å². The van der Waals surface area contributed by atoms with Gasteiger partial charge in [0.25, 0.3) is 0 Å². The second kappa shape index (κ2) is 9.30. The van der Waals surface area contributed by atoms with E-state index in [0.29, 0.717) is 17.1 Å². The highest BCUT2D eigenvalue weighted by Gasteiger charge is 2.41. The summed E-state index contributed by atoms with van der Waals surface area (Å²) < 4.78 is 41.2. The van der Waals surface area contributed by atoms with Crippen LogP contribution in [-0.2, 0) is 21.9 Å². The van der Waals surface area contributed by atoms with Crippen LogP contribution in [0.5, 0.6) is 0 Å². The molecule has 1 aliphatic heterocycles. The molecular formula is C26H32F3N5OS. The maximum absolute atomic E-state index is 13.2. The average molecular weight is 520 g/mol. The molecule has 4 rings (SSSR count). The molecule has 1 fully saturated rings. The lowest BCUT2D eigenvalue weighted by molar-refractivity contribution is -0.137. The molecule has 6 nitrogen and oxygen atoms in total. The Kier molecular flexibility index (Phi) is 6.81. The highest BCUT2D eigenvalue weighted by molar-refractivity contribution is 7.14. The SMILES string of the molecule is CC(C)(C)c1csc(NC(=O)[C@@H]2C[C@H](c3ccn(C(C)(C)C)n3)[C@H](c3ccc(C(F)(F)F)cc3)N2)n1. The number of hydrogen-bond acceptors (Lipinski definition) is 5. The zero-order valence-electron chi connectivity index (χ0n) is 21.3. The van der Waals surface area contributed by atoms with Gasteiger partial charge in [0.2, 0.25) is 5.91 Å². The first kappa shape index (κ1) is 26.3. The van der Waals surface area contributed by atoms with Crippen LogP contribution in [0.1, 0.15) is 82.4 Å². The van der Waals surface area contributed by atoms with Gasteiger partial charge in [-0.3, -0.25) is 14.8 Å². The Morgan fingerprint density at radius 3 is 2.28 bits per heavy atom. The maximum atomic E-state index is 13.2. The average Bonchev–Trinajstić information content (AvgIpc) is 3.51. The van der Waals surface area contributed by atoms with E-state index in [4.69, 9.17) is 5.10 Å². The highest BCUT2D eigenvalue weighted by Crippen LogP contribution is 2.41. The van der Waals surface area contributed by atoms with Crippen molar-refractivity contribution in [1.29, 1.82) is 0 Å². The monoisotopic (exact) mass is 519 g/mol. The fourth-order valence-electron chi connectivity index (χ4n) is 4.25. The molecule has 194 valence electrons. The molecule has 10 heteroatoms. The number of thiazole rings is 1. The van der Waals surface area contributed by atoms with Crippen LogP contribution in [-0.4, -0.2) is 26.7 Å². The predicted octanol–water partition coefficient (Wildman–Crippen LogP) is 6.24. The number of alkyl halides is 3. The summed E-state index contributed by atoms with van der Waals surface area (Å²) in [5.74, 6) is -0.415. The largest absolute Gasteiger partial charge is 0.416 e. The minimum absolute atomic E-state index is 0.129. The standard InChI is InChI=1S/C26H32F3N5OS/c1-24(2,3)20-14-36-23(31-20)32-22(35)19-13-17(18-11-12-34(33-18)25(4,5)6)21(30-19)15-7-9-16(10-8-15)26(27,28)29/h7-12,14,17,19,21,30H,13H2,1-6H3,(H,31,32,35)/t17-,19+,21+/m1/s1. The Balaban J connectivity index is 1.60. The van der Waals surface area contributed by atoms with E-state index in [1.54, 1.807) is 0 Å². The van der Waals surface area contributed by atoms with E-state index in [9.17, 15) is 18.0 Å². The quantitative estimate of drug-likeness (QED) is 0.428. The van der Waals surface area contributed by atoms with Crippen molar-refractivity contribution >= 4 is 22.4 Å². The lowest BCUT2D eigenvalue weighted by Gasteiger charge is -2.21. The summed E-state index contributed by atoms with van der Waals surface area (Å²) in [6, 6.07) is 6.12. The first-order valence-electron chi connectivity index (χ1n) is 11.9. The number of halogens is 3. The molecule has 0 saturated carbocycles. The molecule has 1 aliphatic rings. The lowest BCUT2D eigenvalue weighted by Crippen LogP contribution is -2.36. The Labute approximate surface area is 213 Å². The van der Waals surface area contributed by atoms with Gasteiger partial charge in [-0.2, -0.15) is 18.3 Å². The number of carbonyl (C=O) groups is 1. The molecule has 2 aromatic heterocycles. The first-order valence-corrected chi connectivity index (χ1v) is 12.8. The fourth-order valence-corrected chi connectivity index (χ4v) is 5.19. The topological polar surface area (TPSA) is 71.8 Å². The van der Waals surface area contributed by atoms with Gasteiger partial charge in [-0.1, -0.05) is 32.9 Å². The molecule has 0 unspecified atom stereocenters. The van der Waals surface area contributed by atoms with Gasteiger partial charge in [-0.05, 0) is 51.0 Å². The molecule has 3 heterocycles. The van der Waals surface area contributed by atoms with Gasteiger partial charge in [-0.15, -0.1) is 11.3 Å². The number of aromatic nitrogens is 3. The van der Waals surface area contributed by atoms with Crippen LogP contribution >= 0.6 is 11.3 Å². The molecule has 1 aromatic carbocycles. The summed E-state index contributed by atoms with van der Waals surface area (Å²) in [5, 5.41) is 13.5. The van der Waals surface area contributed by atoms with Crippen LogP contribution in [0.2, 0.25) is 0 Å². The molecule has 0 spiro atoms. The molecular weight excluding hydrogens is 487 g/mol. The first-order chi connectivity index (χ1) is 16.6. The molecule has 0 aliphatic carbocycles. The molecule has 1 saturated heterocycles. The zero-order chi connectivity index (χ0) is 26.5. The number of hydrogen-bond donors (Lipinski definition) is 2. The number of benzene rings is 1. The van der Waals surface area contributed by atoms with E-state index >= 15 is 0 Å². The van der Waals surface area contributed by atoms with E-state index in [0.717, 1.165) is 23.5 Å². The summed E-state index contributed by atoms with van der Waals surface area (Å²) in [4.78, 5) is 17.7. The Bertz CT molecular complexity index is 1220. The smallest absolute Gasteiger partial charge is 0.301 e. The van der Waals surface area contributed by atoms with Crippen molar-refractivity contribution in [3.8, 4) is 0 Å². The van der Waals surface area contributed by atoms with Gasteiger partial charge in [0, 0.05) is 29.0 Å². The third-order valence-corrected chi connectivity index (χ3v) is 7.12. The highest BCUT2D eigenvalue weighted by atomic mass is 32.1. The minimum atomic E-state index is -4.41. The second-order valence-electron chi connectivity index (χ2n) is 11.3. The Morgan fingerprint density at radius 1 is 1.08 bits per heavy atom. The molecule has 1 amide bonds. The van der Waals surface area contributed by atoms with Crippen LogP contribution in [0.4, 0.5) is 18.3 Å². The van der Waals surface area contributed by atoms with E-state index in [1.165, 1.54) is 23.5 Å². The molecule has 3 aromatic rings. The lowest BCUT2D eigenvalue weighted by atomic mass is 9.90. The van der Waals surface area contributed by atoms with Crippen molar-refractivity contribution < 1.29 is 18.0 Å². The summed E-state index contributed by atoms with van der Waals surface area (Å²) in [7, 11) is 0. The zero-order valence-corrected chi connectivity index (χ0v) is 22.1. The fraction of sp³-hybridized carbons (Fsp3) is 0.500. The molecule has 0 radical (unpaired) electrons. The van der Waals surface area contributed by atoms with Crippen LogP contribution in [0, 0.1) is 0 Å². The Hall–Kier alpha value is -2.72. The maximum Gasteiger partial charge on any atom is 0.416 e. The summed E-state index contributed by atoms with van der Waals surface area (Å²) in [5.41, 5.74) is 1.32. The number of carbonyl (C=O) groups excluding carboxylic acids is 1.